The number of ether oxygens (including phenoxy) is 1. The van der Waals surface area contributed by atoms with Crippen LogP contribution in [0.4, 0.5) is 0 Å². The van der Waals surface area contributed by atoms with Crippen molar-refractivity contribution in [1.82, 2.24) is 5.32 Å². The number of aryl methyl sites for hydroxylation is 2. The molecule has 100 valence electrons. The number of halogens is 1. The zero-order valence-corrected chi connectivity index (χ0v) is 12.2. The standard InChI is InChI=1S/C15H22ClNO/c1-4-14(9-17-13-5-6-13)18-15-10(2)7-12(16)8-11(15)3/h7-8,13-14,17H,4-6,9H2,1-3H3. The summed E-state index contributed by atoms with van der Waals surface area (Å²) >= 11 is 6.04. The van der Waals surface area contributed by atoms with Crippen LogP contribution in [0.2, 0.25) is 5.02 Å². The van der Waals surface area contributed by atoms with E-state index >= 15 is 0 Å². The molecule has 2 rings (SSSR count). The molecule has 1 unspecified atom stereocenters. The minimum absolute atomic E-state index is 0.240. The van der Waals surface area contributed by atoms with Gasteiger partial charge in [0.25, 0.3) is 0 Å². The molecule has 1 fully saturated rings. The fraction of sp³-hybridized carbons (Fsp3) is 0.600. The maximum absolute atomic E-state index is 6.14. The molecule has 1 saturated carbocycles. The smallest absolute Gasteiger partial charge is 0.125 e. The Bertz CT molecular complexity index is 392. The van der Waals surface area contributed by atoms with Crippen molar-refractivity contribution in [1.29, 1.82) is 0 Å². The highest BCUT2D eigenvalue weighted by molar-refractivity contribution is 6.30. The van der Waals surface area contributed by atoms with Gasteiger partial charge in [0.05, 0.1) is 0 Å². The molecule has 0 radical (unpaired) electrons. The average molecular weight is 268 g/mol. The van der Waals surface area contributed by atoms with Gasteiger partial charge in [-0.2, -0.15) is 0 Å². The third-order valence-corrected chi connectivity index (χ3v) is 3.59. The summed E-state index contributed by atoms with van der Waals surface area (Å²) in [5.74, 6) is 0.990. The summed E-state index contributed by atoms with van der Waals surface area (Å²) in [5, 5.41) is 4.31. The zero-order chi connectivity index (χ0) is 13.1. The molecule has 0 heterocycles. The molecule has 1 atom stereocenters. The third-order valence-electron chi connectivity index (χ3n) is 3.38. The van der Waals surface area contributed by atoms with Gasteiger partial charge in [-0.25, -0.2) is 0 Å². The van der Waals surface area contributed by atoms with Crippen LogP contribution in [0.5, 0.6) is 5.75 Å². The highest BCUT2D eigenvalue weighted by Crippen LogP contribution is 2.28. The summed E-state index contributed by atoms with van der Waals surface area (Å²) in [7, 11) is 0. The molecule has 18 heavy (non-hydrogen) atoms. The van der Waals surface area contributed by atoms with E-state index < -0.39 is 0 Å². The quantitative estimate of drug-likeness (QED) is 0.845. The van der Waals surface area contributed by atoms with E-state index in [0.29, 0.717) is 0 Å². The van der Waals surface area contributed by atoms with E-state index in [1.165, 1.54) is 12.8 Å². The highest BCUT2D eigenvalue weighted by atomic mass is 35.5. The first kappa shape index (κ1) is 13.7. The van der Waals surface area contributed by atoms with E-state index in [1.54, 1.807) is 0 Å². The Kier molecular flexibility index (Phi) is 4.52. The Morgan fingerprint density at radius 1 is 1.33 bits per heavy atom. The van der Waals surface area contributed by atoms with Crippen LogP contribution >= 0.6 is 11.6 Å². The molecule has 1 aliphatic rings. The van der Waals surface area contributed by atoms with Crippen LogP contribution in [-0.2, 0) is 0 Å². The molecule has 0 bridgehead atoms. The molecule has 3 heteroatoms. The molecular weight excluding hydrogens is 246 g/mol. The molecule has 0 saturated heterocycles. The molecule has 0 aliphatic heterocycles. The lowest BCUT2D eigenvalue weighted by atomic mass is 10.1. The van der Waals surface area contributed by atoms with Crippen molar-refractivity contribution in [2.75, 3.05) is 6.54 Å². The minimum Gasteiger partial charge on any atom is -0.489 e. The predicted molar refractivity (Wildman–Crippen MR) is 76.7 cm³/mol. The van der Waals surface area contributed by atoms with Crippen LogP contribution in [0, 0.1) is 13.8 Å². The van der Waals surface area contributed by atoms with Crippen LogP contribution in [0.1, 0.15) is 37.3 Å². The van der Waals surface area contributed by atoms with E-state index in [4.69, 9.17) is 16.3 Å². The van der Waals surface area contributed by atoms with E-state index in [1.807, 2.05) is 12.1 Å². The Balaban J connectivity index is 2.01. The topological polar surface area (TPSA) is 21.3 Å². The van der Waals surface area contributed by atoms with Gasteiger partial charge in [-0.1, -0.05) is 18.5 Å². The monoisotopic (exact) mass is 267 g/mol. The minimum atomic E-state index is 0.240. The molecule has 0 aromatic heterocycles. The van der Waals surface area contributed by atoms with Crippen molar-refractivity contribution >= 4 is 11.6 Å². The van der Waals surface area contributed by atoms with Crippen LogP contribution in [-0.4, -0.2) is 18.7 Å². The fourth-order valence-corrected chi connectivity index (χ4v) is 2.43. The Labute approximate surface area is 115 Å². The SMILES string of the molecule is CCC(CNC1CC1)Oc1c(C)cc(Cl)cc1C. The van der Waals surface area contributed by atoms with Crippen molar-refractivity contribution in [3.05, 3.63) is 28.3 Å². The first-order chi connectivity index (χ1) is 8.60. The normalized spacial score (nSPS) is 16.7. The van der Waals surface area contributed by atoms with Gasteiger partial charge in [0, 0.05) is 17.6 Å². The summed E-state index contributed by atoms with van der Waals surface area (Å²) in [6, 6.07) is 4.66. The predicted octanol–water partition coefficient (Wildman–Crippen LogP) is 3.87. The van der Waals surface area contributed by atoms with Gasteiger partial charge in [-0.3, -0.25) is 0 Å². The number of hydrogen-bond acceptors (Lipinski definition) is 2. The van der Waals surface area contributed by atoms with E-state index in [2.05, 4.69) is 26.1 Å². The van der Waals surface area contributed by atoms with Crippen molar-refractivity contribution < 1.29 is 4.74 Å². The summed E-state index contributed by atoms with van der Waals surface area (Å²) < 4.78 is 6.14. The number of rotatable bonds is 6. The van der Waals surface area contributed by atoms with Gasteiger partial charge in [0.15, 0.2) is 0 Å². The maximum atomic E-state index is 6.14. The summed E-state index contributed by atoms with van der Waals surface area (Å²) in [4.78, 5) is 0. The summed E-state index contributed by atoms with van der Waals surface area (Å²) in [6.45, 7) is 7.20. The maximum Gasteiger partial charge on any atom is 0.125 e. The lowest BCUT2D eigenvalue weighted by Crippen LogP contribution is -2.32. The molecule has 0 amide bonds. The van der Waals surface area contributed by atoms with Gasteiger partial charge >= 0.3 is 0 Å². The van der Waals surface area contributed by atoms with Crippen LogP contribution < -0.4 is 10.1 Å². The van der Waals surface area contributed by atoms with Crippen molar-refractivity contribution in [3.8, 4) is 5.75 Å². The van der Waals surface area contributed by atoms with Crippen molar-refractivity contribution in [3.63, 3.8) is 0 Å². The van der Waals surface area contributed by atoms with Crippen molar-refractivity contribution in [2.24, 2.45) is 0 Å². The second-order valence-electron chi connectivity index (χ2n) is 5.20. The van der Waals surface area contributed by atoms with Crippen LogP contribution in [0.3, 0.4) is 0 Å². The number of hydrogen-bond donors (Lipinski definition) is 1. The molecule has 2 nitrogen and oxygen atoms in total. The van der Waals surface area contributed by atoms with Gasteiger partial charge in [-0.15, -0.1) is 0 Å². The molecule has 1 aliphatic carbocycles. The highest BCUT2D eigenvalue weighted by Gasteiger charge is 2.22. The molecule has 0 spiro atoms. The second kappa shape index (κ2) is 5.94. The first-order valence-electron chi connectivity index (χ1n) is 6.77. The Morgan fingerprint density at radius 3 is 2.44 bits per heavy atom. The molecule has 1 aromatic carbocycles. The average Bonchev–Trinajstić information content (AvgIpc) is 3.11. The Hall–Kier alpha value is -0.730. The molecule has 1 aromatic rings. The Morgan fingerprint density at radius 2 is 1.94 bits per heavy atom. The summed E-state index contributed by atoms with van der Waals surface area (Å²) in [6.07, 6.45) is 3.88. The number of nitrogens with one attached hydrogen (secondary N) is 1. The van der Waals surface area contributed by atoms with Crippen LogP contribution in [0.15, 0.2) is 12.1 Å². The van der Waals surface area contributed by atoms with Gasteiger partial charge in [0.1, 0.15) is 11.9 Å². The van der Waals surface area contributed by atoms with Gasteiger partial charge < -0.3 is 10.1 Å². The number of benzene rings is 1. The van der Waals surface area contributed by atoms with E-state index in [9.17, 15) is 0 Å². The summed E-state index contributed by atoms with van der Waals surface area (Å²) in [5.41, 5.74) is 2.23. The van der Waals surface area contributed by atoms with Gasteiger partial charge in [0.2, 0.25) is 0 Å². The largest absolute Gasteiger partial charge is 0.489 e. The van der Waals surface area contributed by atoms with Crippen molar-refractivity contribution in [2.45, 2.75) is 52.2 Å². The third kappa shape index (κ3) is 3.63. The lowest BCUT2D eigenvalue weighted by Gasteiger charge is -2.21. The molecule has 1 N–H and O–H groups in total. The van der Waals surface area contributed by atoms with E-state index in [-0.39, 0.29) is 6.10 Å². The fourth-order valence-electron chi connectivity index (χ4n) is 2.10. The molecular formula is C15H22ClNO. The lowest BCUT2D eigenvalue weighted by molar-refractivity contribution is 0.190. The van der Waals surface area contributed by atoms with Crippen LogP contribution in [0.25, 0.3) is 0 Å². The second-order valence-corrected chi connectivity index (χ2v) is 5.64. The van der Waals surface area contributed by atoms with Gasteiger partial charge in [-0.05, 0) is 56.4 Å². The van der Waals surface area contributed by atoms with E-state index in [0.717, 1.165) is 40.9 Å². The zero-order valence-electron chi connectivity index (χ0n) is 11.4. The first-order valence-corrected chi connectivity index (χ1v) is 7.14.